The lowest BCUT2D eigenvalue weighted by Crippen LogP contribution is -2.54. The summed E-state index contributed by atoms with van der Waals surface area (Å²) in [5, 5.41) is 23.5. The highest BCUT2D eigenvalue weighted by atomic mass is 79.9. The summed E-state index contributed by atoms with van der Waals surface area (Å²) in [5.41, 5.74) is 2.95. The summed E-state index contributed by atoms with van der Waals surface area (Å²) in [6.07, 6.45) is -0.698. The van der Waals surface area contributed by atoms with E-state index in [9.17, 15) is 24.6 Å². The maximum absolute atomic E-state index is 12.6. The van der Waals surface area contributed by atoms with Gasteiger partial charge in [0.05, 0.1) is 12.3 Å². The number of aliphatic hydroxyl groups excluding tert-OH is 1. The van der Waals surface area contributed by atoms with Gasteiger partial charge in [-0.2, -0.15) is 0 Å². The Labute approximate surface area is 210 Å². The Hall–Kier alpha value is -3.69. The molecule has 4 rings (SSSR count). The third kappa shape index (κ3) is 4.91. The second-order valence-electron chi connectivity index (χ2n) is 8.39. The van der Waals surface area contributed by atoms with Crippen LogP contribution in [0.15, 0.2) is 71.2 Å². The largest absolute Gasteiger partial charge is 0.479 e. The SMILES string of the molecule is CC(CO)(NC(=O)c1ccc(Br)c(NC(=O)OCC2c3ccccc3-c3ccccc32)c1)C(=O)O. The summed E-state index contributed by atoms with van der Waals surface area (Å²) in [4.78, 5) is 36.6. The number of ether oxygens (including phenoxy) is 1. The number of anilines is 1. The van der Waals surface area contributed by atoms with E-state index in [-0.39, 0.29) is 23.8 Å². The van der Waals surface area contributed by atoms with Gasteiger partial charge in [0.15, 0.2) is 5.54 Å². The second kappa shape index (κ2) is 9.89. The van der Waals surface area contributed by atoms with Gasteiger partial charge in [0, 0.05) is 16.0 Å². The molecule has 3 aromatic rings. The van der Waals surface area contributed by atoms with Crippen LogP contribution in [0.3, 0.4) is 0 Å². The van der Waals surface area contributed by atoms with Gasteiger partial charge in [0.1, 0.15) is 6.61 Å². The van der Waals surface area contributed by atoms with Crippen molar-refractivity contribution in [2.24, 2.45) is 0 Å². The van der Waals surface area contributed by atoms with Gasteiger partial charge in [0.25, 0.3) is 5.91 Å². The Balaban J connectivity index is 1.46. The lowest BCUT2D eigenvalue weighted by Gasteiger charge is -2.23. The van der Waals surface area contributed by atoms with E-state index < -0.39 is 30.1 Å². The number of aliphatic carboxylic acids is 1. The first-order valence-electron chi connectivity index (χ1n) is 10.8. The molecule has 1 atom stereocenters. The summed E-state index contributed by atoms with van der Waals surface area (Å²) in [7, 11) is 0. The third-order valence-electron chi connectivity index (χ3n) is 5.99. The predicted octanol–water partition coefficient (Wildman–Crippen LogP) is 4.38. The molecule has 3 aromatic carbocycles. The number of carbonyl (C=O) groups excluding carboxylic acids is 2. The van der Waals surface area contributed by atoms with Gasteiger partial charge in [-0.1, -0.05) is 48.5 Å². The zero-order chi connectivity index (χ0) is 25.2. The highest BCUT2D eigenvalue weighted by molar-refractivity contribution is 9.10. The minimum absolute atomic E-state index is 0.0964. The summed E-state index contributed by atoms with van der Waals surface area (Å²) < 4.78 is 6.05. The van der Waals surface area contributed by atoms with E-state index in [2.05, 4.69) is 26.6 Å². The number of aliphatic hydroxyl groups is 1. The fraction of sp³-hybridized carbons (Fsp3) is 0.192. The number of carboxylic acids is 1. The minimum atomic E-state index is -1.84. The number of rotatable bonds is 7. The van der Waals surface area contributed by atoms with E-state index >= 15 is 0 Å². The van der Waals surface area contributed by atoms with Crippen molar-refractivity contribution < 1.29 is 29.3 Å². The molecular formula is C26H23BrN2O6. The van der Waals surface area contributed by atoms with Gasteiger partial charge in [-0.3, -0.25) is 10.1 Å². The molecule has 0 saturated heterocycles. The van der Waals surface area contributed by atoms with Crippen LogP contribution in [0.2, 0.25) is 0 Å². The number of carboxylic acid groups (broad SMARTS) is 1. The smallest absolute Gasteiger partial charge is 0.411 e. The van der Waals surface area contributed by atoms with Crippen molar-refractivity contribution in [3.63, 3.8) is 0 Å². The highest BCUT2D eigenvalue weighted by Crippen LogP contribution is 2.44. The molecule has 0 aromatic heterocycles. The molecular weight excluding hydrogens is 516 g/mol. The molecule has 0 bridgehead atoms. The van der Waals surface area contributed by atoms with Gasteiger partial charge in [0.2, 0.25) is 0 Å². The van der Waals surface area contributed by atoms with Crippen molar-refractivity contribution in [3.05, 3.63) is 87.9 Å². The first-order chi connectivity index (χ1) is 16.7. The van der Waals surface area contributed by atoms with Crippen LogP contribution in [0.25, 0.3) is 11.1 Å². The number of carbonyl (C=O) groups is 3. The number of amides is 2. The van der Waals surface area contributed by atoms with Crippen molar-refractivity contribution in [2.45, 2.75) is 18.4 Å². The van der Waals surface area contributed by atoms with Crippen molar-refractivity contribution >= 4 is 39.6 Å². The Bertz CT molecular complexity index is 1270. The summed E-state index contributed by atoms with van der Waals surface area (Å²) in [6.45, 7) is 0.544. The van der Waals surface area contributed by atoms with Crippen LogP contribution in [0.4, 0.5) is 10.5 Å². The fourth-order valence-electron chi connectivity index (χ4n) is 3.99. The Kier molecular flexibility index (Phi) is 6.90. The van der Waals surface area contributed by atoms with Gasteiger partial charge < -0.3 is 20.3 Å². The average molecular weight is 539 g/mol. The number of benzene rings is 3. The summed E-state index contributed by atoms with van der Waals surface area (Å²) in [5.74, 6) is -2.18. The van der Waals surface area contributed by atoms with E-state index in [0.717, 1.165) is 22.3 Å². The first kappa shape index (κ1) is 24.4. The fourth-order valence-corrected chi connectivity index (χ4v) is 4.34. The molecule has 0 heterocycles. The molecule has 1 aliphatic carbocycles. The van der Waals surface area contributed by atoms with Gasteiger partial charge in [-0.25, -0.2) is 9.59 Å². The Morgan fingerprint density at radius 2 is 1.60 bits per heavy atom. The van der Waals surface area contributed by atoms with Crippen molar-refractivity contribution in [1.82, 2.24) is 5.32 Å². The van der Waals surface area contributed by atoms with Crippen molar-refractivity contribution in [1.29, 1.82) is 0 Å². The van der Waals surface area contributed by atoms with Crippen LogP contribution in [-0.2, 0) is 9.53 Å². The van der Waals surface area contributed by atoms with Crippen LogP contribution in [-0.4, -0.2) is 46.9 Å². The van der Waals surface area contributed by atoms with Crippen LogP contribution in [0.5, 0.6) is 0 Å². The lowest BCUT2D eigenvalue weighted by atomic mass is 9.98. The number of halogens is 1. The zero-order valence-electron chi connectivity index (χ0n) is 18.7. The van der Waals surface area contributed by atoms with Crippen LogP contribution < -0.4 is 10.6 Å². The maximum Gasteiger partial charge on any atom is 0.411 e. The molecule has 4 N–H and O–H groups in total. The molecule has 1 aliphatic rings. The molecule has 9 heteroatoms. The normalized spacial score (nSPS) is 13.8. The minimum Gasteiger partial charge on any atom is -0.479 e. The van der Waals surface area contributed by atoms with E-state index in [1.165, 1.54) is 19.1 Å². The molecule has 180 valence electrons. The van der Waals surface area contributed by atoms with Gasteiger partial charge >= 0.3 is 12.1 Å². The molecule has 0 spiro atoms. The first-order valence-corrected chi connectivity index (χ1v) is 11.6. The van der Waals surface area contributed by atoms with Crippen LogP contribution in [0, 0.1) is 0 Å². The monoisotopic (exact) mass is 538 g/mol. The third-order valence-corrected chi connectivity index (χ3v) is 6.68. The highest BCUT2D eigenvalue weighted by Gasteiger charge is 2.34. The average Bonchev–Trinajstić information content (AvgIpc) is 3.17. The number of hydrogen-bond donors (Lipinski definition) is 4. The summed E-state index contributed by atoms with van der Waals surface area (Å²) >= 11 is 3.33. The second-order valence-corrected chi connectivity index (χ2v) is 9.25. The molecule has 0 aliphatic heterocycles. The van der Waals surface area contributed by atoms with Crippen molar-refractivity contribution in [3.8, 4) is 11.1 Å². The molecule has 0 fully saturated rings. The quantitative estimate of drug-likeness (QED) is 0.354. The van der Waals surface area contributed by atoms with E-state index in [0.29, 0.717) is 4.47 Å². The topological polar surface area (TPSA) is 125 Å². The van der Waals surface area contributed by atoms with E-state index in [1.54, 1.807) is 6.07 Å². The van der Waals surface area contributed by atoms with E-state index in [4.69, 9.17) is 4.74 Å². The lowest BCUT2D eigenvalue weighted by molar-refractivity contribution is -0.145. The molecule has 1 unspecified atom stereocenters. The van der Waals surface area contributed by atoms with Crippen molar-refractivity contribution in [2.75, 3.05) is 18.5 Å². The number of fused-ring (bicyclic) bond motifs is 3. The Morgan fingerprint density at radius 1 is 1.00 bits per heavy atom. The molecule has 2 amide bonds. The molecule has 8 nitrogen and oxygen atoms in total. The molecule has 0 radical (unpaired) electrons. The molecule has 35 heavy (non-hydrogen) atoms. The number of nitrogens with one attached hydrogen (secondary N) is 2. The molecule has 0 saturated carbocycles. The predicted molar refractivity (Wildman–Crippen MR) is 133 cm³/mol. The Morgan fingerprint density at radius 3 is 2.17 bits per heavy atom. The number of hydrogen-bond acceptors (Lipinski definition) is 5. The summed E-state index contributed by atoms with van der Waals surface area (Å²) in [6, 6.07) is 20.4. The van der Waals surface area contributed by atoms with Gasteiger partial charge in [-0.15, -0.1) is 0 Å². The maximum atomic E-state index is 12.6. The van der Waals surface area contributed by atoms with Crippen LogP contribution in [0.1, 0.15) is 34.3 Å². The zero-order valence-corrected chi connectivity index (χ0v) is 20.3. The van der Waals surface area contributed by atoms with E-state index in [1.807, 2.05) is 48.5 Å². The standard InChI is InChI=1S/C26H23BrN2O6/c1-26(14-30,24(32)33)29-23(31)15-10-11-21(27)22(12-15)28-25(34)35-13-20-18-8-4-2-6-16(18)17-7-3-5-9-19(17)20/h2-12,20,30H,13-14H2,1H3,(H,28,34)(H,29,31)(H,32,33). The van der Waals surface area contributed by atoms with Crippen LogP contribution >= 0.6 is 15.9 Å². The van der Waals surface area contributed by atoms with Gasteiger partial charge in [-0.05, 0) is 63.3 Å².